The zero-order chi connectivity index (χ0) is 23.4. The lowest BCUT2D eigenvalue weighted by Crippen LogP contribution is -2.32. The summed E-state index contributed by atoms with van der Waals surface area (Å²) in [5.41, 5.74) is 4.22. The van der Waals surface area contributed by atoms with Gasteiger partial charge in [0.05, 0.1) is 17.1 Å². The van der Waals surface area contributed by atoms with E-state index in [0.29, 0.717) is 41.8 Å². The molecule has 0 bridgehead atoms. The number of rotatable bonds is 7. The molecule has 1 amide bonds. The zero-order valence-electron chi connectivity index (χ0n) is 19.8. The van der Waals surface area contributed by atoms with Crippen LogP contribution in [0.5, 0.6) is 0 Å². The summed E-state index contributed by atoms with van der Waals surface area (Å²) in [6, 6.07) is 5.92. The number of amides is 1. The third-order valence-electron chi connectivity index (χ3n) is 6.41. The minimum absolute atomic E-state index is 0.0865. The van der Waals surface area contributed by atoms with Gasteiger partial charge in [-0.3, -0.25) is 9.78 Å². The number of carbonyl (C=O) groups is 1. The predicted octanol–water partition coefficient (Wildman–Crippen LogP) is 4.17. The fraction of sp³-hybridized carbons (Fsp3) is 0.480. The second kappa shape index (κ2) is 10.1. The molecule has 8 heteroatoms. The number of nitrogens with one attached hydrogen (secondary N) is 1. The average molecular weight is 449 g/mol. The summed E-state index contributed by atoms with van der Waals surface area (Å²) in [5, 5.41) is 7.05. The minimum Gasteiger partial charge on any atom is -0.360 e. The van der Waals surface area contributed by atoms with E-state index in [4.69, 9.17) is 9.51 Å². The first kappa shape index (κ1) is 22.9. The van der Waals surface area contributed by atoms with E-state index >= 15 is 0 Å². The molecule has 0 radical (unpaired) electrons. The number of hydrogen-bond donors (Lipinski definition) is 1. The normalized spacial score (nSPS) is 18.2. The summed E-state index contributed by atoms with van der Waals surface area (Å²) in [4.78, 5) is 28.6. The van der Waals surface area contributed by atoms with Gasteiger partial charge in [0, 0.05) is 50.9 Å². The number of carbonyl (C=O) groups excluding carboxylic acids is 1. The van der Waals surface area contributed by atoms with E-state index in [0.717, 1.165) is 48.6 Å². The molecule has 1 saturated carbocycles. The smallest absolute Gasteiger partial charge is 0.256 e. The number of nitrogens with zero attached hydrogens (tertiary/aromatic N) is 5. The molecule has 0 unspecified atom stereocenters. The number of aryl methyl sites for hydroxylation is 2. The zero-order valence-corrected chi connectivity index (χ0v) is 19.8. The topological polar surface area (TPSA) is 97.0 Å². The number of hydrogen-bond acceptors (Lipinski definition) is 7. The fourth-order valence-electron chi connectivity index (χ4n) is 4.55. The molecule has 0 spiro atoms. The molecule has 0 aromatic carbocycles. The van der Waals surface area contributed by atoms with Crippen molar-refractivity contribution in [3.8, 4) is 11.3 Å². The highest BCUT2D eigenvalue weighted by molar-refractivity contribution is 5.96. The first-order chi connectivity index (χ1) is 16.0. The molecule has 0 saturated heterocycles. The van der Waals surface area contributed by atoms with Crippen LogP contribution < -0.4 is 10.2 Å². The first-order valence-electron chi connectivity index (χ1n) is 11.7. The quantitative estimate of drug-likeness (QED) is 0.579. The Kier molecular flexibility index (Phi) is 7.01. The van der Waals surface area contributed by atoms with Crippen LogP contribution in [0, 0.1) is 12.8 Å². The highest BCUT2D eigenvalue weighted by atomic mass is 16.5. The second-order valence-corrected chi connectivity index (χ2v) is 8.93. The van der Waals surface area contributed by atoms with E-state index in [-0.39, 0.29) is 5.91 Å². The van der Waals surface area contributed by atoms with Crippen molar-refractivity contribution in [1.29, 1.82) is 0 Å². The Balaban J connectivity index is 1.43. The van der Waals surface area contributed by atoms with Crippen LogP contribution in [0.3, 0.4) is 0 Å². The highest BCUT2D eigenvalue weighted by Gasteiger charge is 2.28. The van der Waals surface area contributed by atoms with Crippen LogP contribution in [0.2, 0.25) is 0 Å². The van der Waals surface area contributed by atoms with Crippen LogP contribution in [0.4, 0.5) is 5.95 Å². The Morgan fingerprint density at radius 3 is 2.64 bits per heavy atom. The summed E-state index contributed by atoms with van der Waals surface area (Å²) in [6.45, 7) is 4.44. The summed E-state index contributed by atoms with van der Waals surface area (Å²) in [6.07, 6.45) is 8.49. The maximum atomic E-state index is 12.7. The molecule has 3 aromatic heterocycles. The van der Waals surface area contributed by atoms with E-state index in [1.54, 1.807) is 6.20 Å². The third-order valence-corrected chi connectivity index (χ3v) is 6.41. The molecular weight excluding hydrogens is 416 g/mol. The predicted molar refractivity (Wildman–Crippen MR) is 127 cm³/mol. The van der Waals surface area contributed by atoms with Gasteiger partial charge in [0.15, 0.2) is 0 Å². The fourth-order valence-corrected chi connectivity index (χ4v) is 4.55. The Labute approximate surface area is 194 Å². The van der Waals surface area contributed by atoms with Gasteiger partial charge in [0.1, 0.15) is 11.3 Å². The number of pyridine rings is 1. The van der Waals surface area contributed by atoms with Gasteiger partial charge in [-0.1, -0.05) is 18.1 Å². The first-order valence-corrected chi connectivity index (χ1v) is 11.7. The van der Waals surface area contributed by atoms with Gasteiger partial charge in [-0.15, -0.1) is 0 Å². The van der Waals surface area contributed by atoms with Crippen molar-refractivity contribution in [2.75, 3.05) is 25.5 Å². The van der Waals surface area contributed by atoms with Gasteiger partial charge >= 0.3 is 0 Å². The molecule has 1 N–H and O–H groups in total. The molecule has 0 atom stereocenters. The maximum Gasteiger partial charge on any atom is 0.256 e. The molecule has 3 aromatic rings. The van der Waals surface area contributed by atoms with Crippen LogP contribution in [0.15, 0.2) is 35.1 Å². The Bertz CT molecular complexity index is 1090. The molecule has 1 aliphatic rings. The third kappa shape index (κ3) is 5.05. The van der Waals surface area contributed by atoms with E-state index < -0.39 is 0 Å². The van der Waals surface area contributed by atoms with Crippen molar-refractivity contribution in [2.24, 2.45) is 5.92 Å². The van der Waals surface area contributed by atoms with Crippen molar-refractivity contribution < 1.29 is 9.32 Å². The van der Waals surface area contributed by atoms with Crippen molar-refractivity contribution in [2.45, 2.75) is 51.9 Å². The van der Waals surface area contributed by atoms with Gasteiger partial charge in [-0.05, 0) is 50.7 Å². The molecular formula is C25H32N6O2. The van der Waals surface area contributed by atoms with Crippen molar-refractivity contribution in [3.63, 3.8) is 0 Å². The van der Waals surface area contributed by atoms with Gasteiger partial charge in [-0.25, -0.2) is 9.97 Å². The monoisotopic (exact) mass is 448 g/mol. The van der Waals surface area contributed by atoms with Crippen LogP contribution in [-0.2, 0) is 6.42 Å². The van der Waals surface area contributed by atoms with E-state index in [1.165, 1.54) is 0 Å². The lowest BCUT2D eigenvalue weighted by molar-refractivity contribution is 0.0940. The number of anilines is 1. The molecule has 1 aliphatic carbocycles. The highest BCUT2D eigenvalue weighted by Crippen LogP contribution is 2.38. The summed E-state index contributed by atoms with van der Waals surface area (Å²) < 4.78 is 5.26. The summed E-state index contributed by atoms with van der Waals surface area (Å²) >= 11 is 0. The Hall–Kier alpha value is -3.29. The maximum absolute atomic E-state index is 12.7. The summed E-state index contributed by atoms with van der Waals surface area (Å²) in [5.74, 6) is 2.08. The van der Waals surface area contributed by atoms with Crippen molar-refractivity contribution in [3.05, 3.63) is 53.3 Å². The Morgan fingerprint density at radius 1 is 1.18 bits per heavy atom. The van der Waals surface area contributed by atoms with Gasteiger partial charge < -0.3 is 14.7 Å². The van der Waals surface area contributed by atoms with Crippen molar-refractivity contribution in [1.82, 2.24) is 25.4 Å². The van der Waals surface area contributed by atoms with Gasteiger partial charge in [-0.2, -0.15) is 0 Å². The molecule has 4 rings (SSSR count). The van der Waals surface area contributed by atoms with E-state index in [9.17, 15) is 4.79 Å². The second-order valence-electron chi connectivity index (χ2n) is 8.93. The van der Waals surface area contributed by atoms with E-state index in [1.807, 2.05) is 57.2 Å². The minimum atomic E-state index is -0.0865. The lowest BCUT2D eigenvalue weighted by Gasteiger charge is -2.29. The largest absolute Gasteiger partial charge is 0.360 e. The molecule has 8 nitrogen and oxygen atoms in total. The SMILES string of the molecule is CCc1onc(C)c1C(=O)NCC1CCC(c2nc(N(C)C)ncc2-c2ccccn2)CC1. The van der Waals surface area contributed by atoms with Crippen LogP contribution in [-0.4, -0.2) is 46.7 Å². The van der Waals surface area contributed by atoms with Gasteiger partial charge in [0.2, 0.25) is 5.95 Å². The standard InChI is InChI=1S/C25H32N6O2/c1-5-21-22(16(2)30-33-21)24(32)27-14-17-9-11-18(12-10-17)23-19(20-8-6-7-13-26-20)15-28-25(29-23)31(3)4/h6-8,13,15,17-18H,5,9-12,14H2,1-4H3,(H,27,32). The van der Waals surface area contributed by atoms with Gasteiger partial charge in [0.25, 0.3) is 5.91 Å². The summed E-state index contributed by atoms with van der Waals surface area (Å²) in [7, 11) is 3.92. The van der Waals surface area contributed by atoms with Crippen LogP contribution in [0.25, 0.3) is 11.3 Å². The lowest BCUT2D eigenvalue weighted by atomic mass is 9.79. The van der Waals surface area contributed by atoms with Crippen molar-refractivity contribution >= 4 is 11.9 Å². The molecule has 0 aliphatic heterocycles. The molecule has 33 heavy (non-hydrogen) atoms. The molecule has 1 fully saturated rings. The molecule has 3 heterocycles. The average Bonchev–Trinajstić information content (AvgIpc) is 3.23. The molecule has 174 valence electrons. The van der Waals surface area contributed by atoms with E-state index in [2.05, 4.69) is 20.4 Å². The Morgan fingerprint density at radius 2 is 1.97 bits per heavy atom. The van der Waals surface area contributed by atoms with Crippen LogP contribution >= 0.6 is 0 Å². The van der Waals surface area contributed by atoms with Crippen LogP contribution in [0.1, 0.15) is 66.0 Å². The number of aromatic nitrogens is 4.